The van der Waals surface area contributed by atoms with Crippen molar-refractivity contribution in [3.63, 3.8) is 0 Å². The Morgan fingerprint density at radius 2 is 2.00 bits per heavy atom. The van der Waals surface area contributed by atoms with Crippen molar-refractivity contribution < 1.29 is 4.92 Å². The third-order valence-corrected chi connectivity index (χ3v) is 4.98. The molecule has 0 fully saturated rings. The molecule has 0 radical (unpaired) electrons. The molecule has 0 saturated heterocycles. The van der Waals surface area contributed by atoms with Crippen LogP contribution in [-0.4, -0.2) is 34.5 Å². The van der Waals surface area contributed by atoms with Crippen LogP contribution >= 0.6 is 11.8 Å². The number of imidazole rings is 1. The Morgan fingerprint density at radius 1 is 1.15 bits per heavy atom. The van der Waals surface area contributed by atoms with Gasteiger partial charge in [0.15, 0.2) is 0 Å². The highest BCUT2D eigenvalue weighted by atomic mass is 32.2. The van der Waals surface area contributed by atoms with E-state index in [1.807, 2.05) is 32.0 Å². The van der Waals surface area contributed by atoms with Crippen molar-refractivity contribution in [3.05, 3.63) is 63.8 Å². The fraction of sp³-hybridized carbons (Fsp3) is 0.125. The lowest BCUT2D eigenvalue weighted by Crippen LogP contribution is -2.03. The number of nitro groups is 1. The van der Waals surface area contributed by atoms with E-state index in [0.29, 0.717) is 10.8 Å². The monoisotopic (exact) mass is 367 g/mol. The molecule has 0 N–H and O–H groups in total. The van der Waals surface area contributed by atoms with E-state index in [4.69, 9.17) is 0 Å². The van der Waals surface area contributed by atoms with Crippen molar-refractivity contribution in [3.8, 4) is 5.69 Å². The number of rotatable bonds is 4. The summed E-state index contributed by atoms with van der Waals surface area (Å²) in [6, 6.07) is 11.0. The van der Waals surface area contributed by atoms with E-state index >= 15 is 0 Å². The number of nitrogens with zero attached hydrogens (tertiary/aromatic N) is 7. The second-order valence-corrected chi connectivity index (χ2v) is 6.58. The van der Waals surface area contributed by atoms with E-state index in [2.05, 4.69) is 20.5 Å². The Kier molecular flexibility index (Phi) is 3.88. The number of pyridine rings is 1. The van der Waals surface area contributed by atoms with Crippen LogP contribution < -0.4 is 0 Å². The zero-order valence-electron chi connectivity index (χ0n) is 13.9. The maximum absolute atomic E-state index is 11.6. The first kappa shape index (κ1) is 16.2. The molecule has 0 aliphatic carbocycles. The van der Waals surface area contributed by atoms with Crippen molar-refractivity contribution in [1.29, 1.82) is 0 Å². The molecule has 0 aliphatic heterocycles. The zero-order valence-corrected chi connectivity index (χ0v) is 14.7. The molecule has 26 heavy (non-hydrogen) atoms. The normalized spacial score (nSPS) is 11.2. The molecule has 4 rings (SSSR count). The van der Waals surface area contributed by atoms with Gasteiger partial charge in [0.2, 0.25) is 15.8 Å². The summed E-state index contributed by atoms with van der Waals surface area (Å²) in [7, 11) is 0. The Bertz CT molecular complexity index is 1130. The van der Waals surface area contributed by atoms with Gasteiger partial charge >= 0.3 is 5.82 Å². The highest BCUT2D eigenvalue weighted by Crippen LogP contribution is 2.34. The molecule has 130 valence electrons. The summed E-state index contributed by atoms with van der Waals surface area (Å²) in [5, 5.41) is 24.0. The number of hydrogen-bond donors (Lipinski definition) is 0. The lowest BCUT2D eigenvalue weighted by atomic mass is 10.1. The summed E-state index contributed by atoms with van der Waals surface area (Å²) < 4.78 is 3.01. The van der Waals surface area contributed by atoms with Crippen LogP contribution in [0.4, 0.5) is 5.82 Å². The van der Waals surface area contributed by atoms with Gasteiger partial charge in [0, 0.05) is 6.07 Å². The Hall–Kier alpha value is -3.27. The number of aryl methyl sites for hydroxylation is 1. The van der Waals surface area contributed by atoms with Gasteiger partial charge in [-0.25, -0.2) is 0 Å². The Morgan fingerprint density at radius 3 is 2.81 bits per heavy atom. The van der Waals surface area contributed by atoms with Crippen molar-refractivity contribution in [2.45, 2.75) is 24.0 Å². The van der Waals surface area contributed by atoms with Crippen LogP contribution in [-0.2, 0) is 0 Å². The van der Waals surface area contributed by atoms with Gasteiger partial charge in [-0.05, 0) is 64.2 Å². The van der Waals surface area contributed by atoms with Crippen molar-refractivity contribution in [1.82, 2.24) is 29.6 Å². The molecule has 10 heteroatoms. The maximum Gasteiger partial charge on any atom is 0.362 e. The Labute approximate surface area is 151 Å². The maximum atomic E-state index is 11.6. The molecular weight excluding hydrogens is 354 g/mol. The third kappa shape index (κ3) is 2.60. The SMILES string of the molecule is Cc1cccc(-n2nnnc2Sc2nc3ccccn3c2[N+](=O)[O-])c1C. The first-order chi connectivity index (χ1) is 12.6. The molecule has 1 aromatic carbocycles. The summed E-state index contributed by atoms with van der Waals surface area (Å²) in [4.78, 5) is 15.5. The van der Waals surface area contributed by atoms with Gasteiger partial charge in [-0.3, -0.25) is 0 Å². The number of hydrogen-bond acceptors (Lipinski definition) is 7. The molecule has 3 aromatic heterocycles. The van der Waals surface area contributed by atoms with Crippen molar-refractivity contribution >= 4 is 23.2 Å². The molecule has 0 amide bonds. The van der Waals surface area contributed by atoms with Gasteiger partial charge in [0.05, 0.1) is 11.9 Å². The molecule has 3 heterocycles. The predicted octanol–water partition coefficient (Wildman–Crippen LogP) is 2.99. The second-order valence-electron chi connectivity index (χ2n) is 5.62. The number of tetrazole rings is 1. The van der Waals surface area contributed by atoms with Gasteiger partial charge in [-0.2, -0.15) is 14.1 Å². The first-order valence-corrected chi connectivity index (χ1v) is 8.52. The summed E-state index contributed by atoms with van der Waals surface area (Å²) >= 11 is 1.06. The standard InChI is InChI=1S/C16H13N7O2S/c1-10-6-5-7-12(11(10)2)22-16(18-19-20-22)26-14-15(23(24)25)21-9-4-3-8-13(21)17-14/h3-9H,1-2H3. The summed E-state index contributed by atoms with van der Waals surface area (Å²) in [6.07, 6.45) is 1.61. The molecule has 0 bridgehead atoms. The van der Waals surface area contributed by atoms with Crippen LogP contribution in [0.1, 0.15) is 11.1 Å². The van der Waals surface area contributed by atoms with E-state index in [0.717, 1.165) is 28.6 Å². The zero-order chi connectivity index (χ0) is 18.3. The molecule has 0 unspecified atom stereocenters. The molecule has 4 aromatic rings. The van der Waals surface area contributed by atoms with Gasteiger partial charge in [0.25, 0.3) is 0 Å². The molecule has 0 aliphatic rings. The Balaban J connectivity index is 1.82. The van der Waals surface area contributed by atoms with E-state index in [9.17, 15) is 10.1 Å². The predicted molar refractivity (Wildman–Crippen MR) is 94.6 cm³/mol. The second kappa shape index (κ2) is 6.23. The summed E-state index contributed by atoms with van der Waals surface area (Å²) in [5.74, 6) is -0.110. The van der Waals surface area contributed by atoms with E-state index in [1.165, 1.54) is 4.40 Å². The van der Waals surface area contributed by atoms with Crippen LogP contribution in [0, 0.1) is 24.0 Å². The smallest absolute Gasteiger partial charge is 0.358 e. The average Bonchev–Trinajstić information content (AvgIpc) is 3.21. The summed E-state index contributed by atoms with van der Waals surface area (Å²) in [5.41, 5.74) is 3.45. The quantitative estimate of drug-likeness (QED) is 0.403. The van der Waals surface area contributed by atoms with Crippen LogP contribution in [0.15, 0.2) is 52.8 Å². The van der Waals surface area contributed by atoms with Gasteiger partial charge in [0.1, 0.15) is 0 Å². The number of benzene rings is 1. The average molecular weight is 367 g/mol. The summed E-state index contributed by atoms with van der Waals surface area (Å²) in [6.45, 7) is 3.98. The highest BCUT2D eigenvalue weighted by Gasteiger charge is 2.25. The van der Waals surface area contributed by atoms with Crippen LogP contribution in [0.5, 0.6) is 0 Å². The van der Waals surface area contributed by atoms with Crippen LogP contribution in [0.2, 0.25) is 0 Å². The highest BCUT2D eigenvalue weighted by molar-refractivity contribution is 7.99. The fourth-order valence-electron chi connectivity index (χ4n) is 2.64. The van der Waals surface area contributed by atoms with Crippen molar-refractivity contribution in [2.24, 2.45) is 0 Å². The van der Waals surface area contributed by atoms with Crippen molar-refractivity contribution in [2.75, 3.05) is 0 Å². The molecule has 0 saturated carbocycles. The number of fused-ring (bicyclic) bond motifs is 1. The molecule has 0 atom stereocenters. The van der Waals surface area contributed by atoms with E-state index < -0.39 is 4.92 Å². The van der Waals surface area contributed by atoms with Crippen LogP contribution in [0.3, 0.4) is 0 Å². The van der Waals surface area contributed by atoms with Crippen LogP contribution in [0.25, 0.3) is 11.3 Å². The van der Waals surface area contributed by atoms with Gasteiger partial charge in [-0.15, -0.1) is 5.10 Å². The van der Waals surface area contributed by atoms with E-state index in [-0.39, 0.29) is 10.8 Å². The molecule has 0 spiro atoms. The van der Waals surface area contributed by atoms with E-state index in [1.54, 1.807) is 29.1 Å². The first-order valence-electron chi connectivity index (χ1n) is 7.70. The fourth-order valence-corrected chi connectivity index (χ4v) is 3.52. The number of aromatic nitrogens is 6. The molecule has 9 nitrogen and oxygen atoms in total. The minimum atomic E-state index is -0.450. The van der Waals surface area contributed by atoms with Gasteiger partial charge in [-0.1, -0.05) is 18.2 Å². The third-order valence-electron chi connectivity index (χ3n) is 4.08. The topological polar surface area (TPSA) is 104 Å². The lowest BCUT2D eigenvalue weighted by molar-refractivity contribution is -0.393. The minimum absolute atomic E-state index is 0.110. The minimum Gasteiger partial charge on any atom is -0.358 e. The lowest BCUT2D eigenvalue weighted by Gasteiger charge is -2.08. The largest absolute Gasteiger partial charge is 0.362 e. The molecular formula is C16H13N7O2S. The van der Waals surface area contributed by atoms with Gasteiger partial charge < -0.3 is 10.1 Å².